The Kier molecular flexibility index (Phi) is 5.21. The number of alkyl halides is 3. The van der Waals surface area contributed by atoms with Crippen LogP contribution in [0.1, 0.15) is 5.56 Å². The predicted octanol–water partition coefficient (Wildman–Crippen LogP) is 3.62. The third-order valence-electron chi connectivity index (χ3n) is 3.18. The van der Waals surface area contributed by atoms with Crippen LogP contribution in [0, 0.1) is 0 Å². The second-order valence-electron chi connectivity index (χ2n) is 5.10. The number of H-pyrrole nitrogens is 1. The van der Waals surface area contributed by atoms with E-state index < -0.39 is 17.6 Å². The Balaban J connectivity index is 1.57. The Morgan fingerprint density at radius 1 is 1.19 bits per heavy atom. The summed E-state index contributed by atoms with van der Waals surface area (Å²) in [6.45, 7) is 0. The van der Waals surface area contributed by atoms with Gasteiger partial charge in [0, 0.05) is 11.9 Å². The Hall–Kier alpha value is -2.88. The first-order valence-electron chi connectivity index (χ1n) is 7.35. The fourth-order valence-electron chi connectivity index (χ4n) is 2.03. The number of hydrogen-bond acceptors (Lipinski definition) is 5. The maximum Gasteiger partial charge on any atom is 0.416 e. The summed E-state index contributed by atoms with van der Waals surface area (Å²) in [7, 11) is 0. The largest absolute Gasteiger partial charge is 0.416 e. The molecule has 3 aromatic rings. The van der Waals surface area contributed by atoms with Crippen molar-refractivity contribution in [1.82, 2.24) is 20.2 Å². The van der Waals surface area contributed by atoms with Crippen molar-refractivity contribution in [3.8, 4) is 11.5 Å². The number of anilines is 1. The van der Waals surface area contributed by atoms with Gasteiger partial charge in [-0.2, -0.15) is 18.2 Å². The molecule has 1 aromatic carbocycles. The maximum atomic E-state index is 12.7. The molecule has 0 saturated heterocycles. The van der Waals surface area contributed by atoms with Crippen molar-refractivity contribution in [2.75, 3.05) is 11.1 Å². The number of carbonyl (C=O) groups is 1. The number of benzene rings is 1. The van der Waals surface area contributed by atoms with E-state index in [1.807, 2.05) is 0 Å². The molecule has 134 valence electrons. The van der Waals surface area contributed by atoms with Crippen LogP contribution in [-0.2, 0) is 11.0 Å². The van der Waals surface area contributed by atoms with Crippen LogP contribution in [0.4, 0.5) is 18.9 Å². The first kappa shape index (κ1) is 17.9. The topological polar surface area (TPSA) is 83.6 Å². The van der Waals surface area contributed by atoms with Gasteiger partial charge in [0.05, 0.1) is 11.3 Å². The number of amides is 1. The van der Waals surface area contributed by atoms with Crippen LogP contribution in [-0.4, -0.2) is 31.8 Å². The highest BCUT2D eigenvalue weighted by Gasteiger charge is 2.30. The molecule has 0 aliphatic heterocycles. The third kappa shape index (κ3) is 4.60. The molecule has 0 fully saturated rings. The predicted molar refractivity (Wildman–Crippen MR) is 90.4 cm³/mol. The van der Waals surface area contributed by atoms with Crippen molar-refractivity contribution in [3.63, 3.8) is 0 Å². The number of rotatable bonds is 5. The molecule has 0 radical (unpaired) electrons. The average Bonchev–Trinajstić information content (AvgIpc) is 3.09. The highest BCUT2D eigenvalue weighted by Crippen LogP contribution is 2.30. The van der Waals surface area contributed by atoms with E-state index in [0.29, 0.717) is 16.7 Å². The number of aromatic nitrogens is 4. The molecule has 10 heteroatoms. The summed E-state index contributed by atoms with van der Waals surface area (Å²) in [5.74, 6) is -0.0413. The lowest BCUT2D eigenvalue weighted by Gasteiger charge is -2.09. The lowest BCUT2D eigenvalue weighted by molar-refractivity contribution is -0.137. The zero-order valence-corrected chi connectivity index (χ0v) is 13.9. The smallest absolute Gasteiger partial charge is 0.325 e. The number of nitrogens with one attached hydrogen (secondary N) is 2. The Morgan fingerprint density at radius 2 is 2.04 bits per heavy atom. The quantitative estimate of drug-likeness (QED) is 0.662. The van der Waals surface area contributed by atoms with E-state index >= 15 is 0 Å². The summed E-state index contributed by atoms with van der Waals surface area (Å²) in [4.78, 5) is 20.3. The molecule has 0 aliphatic rings. The number of pyridine rings is 1. The molecule has 6 nitrogen and oxygen atoms in total. The van der Waals surface area contributed by atoms with Gasteiger partial charge >= 0.3 is 6.18 Å². The van der Waals surface area contributed by atoms with Gasteiger partial charge in [-0.3, -0.25) is 14.9 Å². The molecule has 0 spiro atoms. The Morgan fingerprint density at radius 3 is 2.77 bits per heavy atom. The van der Waals surface area contributed by atoms with Crippen LogP contribution in [0.5, 0.6) is 0 Å². The Labute approximate surface area is 150 Å². The highest BCUT2D eigenvalue weighted by atomic mass is 32.2. The summed E-state index contributed by atoms with van der Waals surface area (Å²) < 4.78 is 38.0. The first-order chi connectivity index (χ1) is 12.4. The molecule has 2 heterocycles. The van der Waals surface area contributed by atoms with Gasteiger partial charge < -0.3 is 5.32 Å². The molecule has 0 bridgehead atoms. The van der Waals surface area contributed by atoms with Crippen molar-refractivity contribution >= 4 is 23.4 Å². The zero-order chi connectivity index (χ0) is 18.6. The lowest BCUT2D eigenvalue weighted by atomic mass is 10.2. The molecule has 26 heavy (non-hydrogen) atoms. The molecular weight excluding hydrogens is 367 g/mol. The molecule has 0 unspecified atom stereocenters. The van der Waals surface area contributed by atoms with Gasteiger partial charge in [0.15, 0.2) is 5.82 Å². The first-order valence-corrected chi connectivity index (χ1v) is 8.34. The molecule has 3 rings (SSSR count). The van der Waals surface area contributed by atoms with Gasteiger partial charge in [-0.15, -0.1) is 5.10 Å². The molecular formula is C16H12F3N5OS. The van der Waals surface area contributed by atoms with E-state index in [1.165, 1.54) is 12.1 Å². The summed E-state index contributed by atoms with van der Waals surface area (Å²) in [5, 5.41) is 9.46. The van der Waals surface area contributed by atoms with Crippen molar-refractivity contribution < 1.29 is 18.0 Å². The van der Waals surface area contributed by atoms with Crippen molar-refractivity contribution in [1.29, 1.82) is 0 Å². The minimum atomic E-state index is -4.46. The molecule has 0 saturated carbocycles. The Bertz CT molecular complexity index is 898. The van der Waals surface area contributed by atoms with E-state index in [4.69, 9.17) is 0 Å². The van der Waals surface area contributed by atoms with Gasteiger partial charge in [0.1, 0.15) is 5.69 Å². The van der Waals surface area contributed by atoms with Gasteiger partial charge in [-0.25, -0.2) is 0 Å². The van der Waals surface area contributed by atoms with E-state index in [1.54, 1.807) is 24.4 Å². The highest BCUT2D eigenvalue weighted by molar-refractivity contribution is 7.99. The summed E-state index contributed by atoms with van der Waals surface area (Å²) in [6, 6.07) is 9.79. The van der Waals surface area contributed by atoms with Crippen LogP contribution >= 0.6 is 11.8 Å². The lowest BCUT2D eigenvalue weighted by Crippen LogP contribution is -2.15. The van der Waals surface area contributed by atoms with Gasteiger partial charge in [-0.1, -0.05) is 23.9 Å². The van der Waals surface area contributed by atoms with Gasteiger partial charge in [0.2, 0.25) is 11.1 Å². The van der Waals surface area contributed by atoms with E-state index in [2.05, 4.69) is 25.5 Å². The number of hydrogen-bond donors (Lipinski definition) is 2. The minimum Gasteiger partial charge on any atom is -0.325 e. The number of thioether (sulfide) groups is 1. The molecule has 2 aromatic heterocycles. The standard InChI is InChI=1S/C16H12F3N5OS/c17-16(18,19)10-4-3-5-11(8-10)21-13(25)9-26-15-22-14(23-24-15)12-6-1-2-7-20-12/h1-8H,9H2,(H,21,25)(H,22,23,24). The SMILES string of the molecule is O=C(CSc1n[nH]c(-c2ccccn2)n1)Nc1cccc(C(F)(F)F)c1. The van der Waals surface area contributed by atoms with Crippen LogP contribution < -0.4 is 5.32 Å². The number of aromatic amines is 1. The molecule has 2 N–H and O–H groups in total. The summed E-state index contributed by atoms with van der Waals surface area (Å²) in [6.07, 6.45) is -2.84. The van der Waals surface area contributed by atoms with Gasteiger partial charge in [-0.05, 0) is 30.3 Å². The zero-order valence-electron chi connectivity index (χ0n) is 13.1. The van der Waals surface area contributed by atoms with Gasteiger partial charge in [0.25, 0.3) is 0 Å². The van der Waals surface area contributed by atoms with Crippen molar-refractivity contribution in [2.45, 2.75) is 11.3 Å². The van der Waals surface area contributed by atoms with Crippen LogP contribution in [0.25, 0.3) is 11.5 Å². The van der Waals surface area contributed by atoms with E-state index in [-0.39, 0.29) is 11.4 Å². The second-order valence-corrected chi connectivity index (χ2v) is 6.04. The number of carbonyl (C=O) groups excluding carboxylic acids is 1. The number of halogens is 3. The van der Waals surface area contributed by atoms with E-state index in [9.17, 15) is 18.0 Å². The van der Waals surface area contributed by atoms with Crippen molar-refractivity contribution in [3.05, 3.63) is 54.2 Å². The third-order valence-corrected chi connectivity index (χ3v) is 4.03. The van der Waals surface area contributed by atoms with Crippen LogP contribution in [0.2, 0.25) is 0 Å². The van der Waals surface area contributed by atoms with E-state index in [0.717, 1.165) is 23.9 Å². The molecule has 0 atom stereocenters. The normalized spacial score (nSPS) is 11.3. The maximum absolute atomic E-state index is 12.7. The summed E-state index contributed by atoms with van der Waals surface area (Å²) >= 11 is 1.06. The second kappa shape index (κ2) is 7.56. The number of nitrogens with zero attached hydrogens (tertiary/aromatic N) is 3. The molecule has 1 amide bonds. The molecule has 0 aliphatic carbocycles. The average molecular weight is 379 g/mol. The fourth-order valence-corrected chi connectivity index (χ4v) is 2.63. The van der Waals surface area contributed by atoms with Crippen LogP contribution in [0.15, 0.2) is 53.8 Å². The minimum absolute atomic E-state index is 0.0459. The summed E-state index contributed by atoms with van der Waals surface area (Å²) in [5.41, 5.74) is -0.133. The monoisotopic (exact) mass is 379 g/mol. The fraction of sp³-hybridized carbons (Fsp3) is 0.125. The van der Waals surface area contributed by atoms with Crippen LogP contribution in [0.3, 0.4) is 0 Å². The van der Waals surface area contributed by atoms with Crippen molar-refractivity contribution in [2.24, 2.45) is 0 Å².